The summed E-state index contributed by atoms with van der Waals surface area (Å²) in [5.41, 5.74) is 0.0420. The van der Waals surface area contributed by atoms with Gasteiger partial charge >= 0.3 is 0 Å². The van der Waals surface area contributed by atoms with Gasteiger partial charge in [0.1, 0.15) is 12.4 Å². The molecule has 0 saturated carbocycles. The number of nitrogens with zero attached hydrogens (tertiary/aromatic N) is 2. The van der Waals surface area contributed by atoms with Gasteiger partial charge in [-0.1, -0.05) is 0 Å². The van der Waals surface area contributed by atoms with Gasteiger partial charge in [0.2, 0.25) is 0 Å². The highest BCUT2D eigenvalue weighted by atomic mass is 79.9. The second-order valence-corrected chi connectivity index (χ2v) is 5.17. The maximum absolute atomic E-state index is 10.7. The van der Waals surface area contributed by atoms with Crippen LogP contribution < -0.4 is 10.1 Å². The smallest absolute Gasteiger partial charge is 0.273 e. The van der Waals surface area contributed by atoms with Gasteiger partial charge in [0.15, 0.2) is 0 Å². The fourth-order valence-corrected chi connectivity index (χ4v) is 2.30. The van der Waals surface area contributed by atoms with Gasteiger partial charge in [0.05, 0.1) is 15.5 Å². The van der Waals surface area contributed by atoms with Crippen molar-refractivity contribution in [1.29, 1.82) is 0 Å². The molecule has 1 N–H and O–H groups in total. The van der Waals surface area contributed by atoms with E-state index in [1.165, 1.54) is 12.1 Å². The topological polar surface area (TPSA) is 67.6 Å². The Labute approximate surface area is 120 Å². The van der Waals surface area contributed by atoms with Gasteiger partial charge in [0.25, 0.3) is 5.69 Å². The molecule has 0 amide bonds. The van der Waals surface area contributed by atoms with Crippen LogP contribution in [0.15, 0.2) is 22.7 Å². The molecule has 0 aliphatic carbocycles. The highest BCUT2D eigenvalue weighted by molar-refractivity contribution is 9.10. The summed E-state index contributed by atoms with van der Waals surface area (Å²) in [6.45, 7) is 5.39. The molecule has 6 nitrogen and oxygen atoms in total. The number of hydrogen-bond acceptors (Lipinski definition) is 5. The van der Waals surface area contributed by atoms with E-state index >= 15 is 0 Å². The van der Waals surface area contributed by atoms with Gasteiger partial charge in [-0.3, -0.25) is 15.0 Å². The van der Waals surface area contributed by atoms with E-state index in [-0.39, 0.29) is 5.69 Å². The fraction of sp³-hybridized carbons (Fsp3) is 0.500. The quantitative estimate of drug-likeness (QED) is 0.657. The molecule has 1 aliphatic rings. The second-order valence-electron chi connectivity index (χ2n) is 4.31. The Bertz CT molecular complexity index is 450. The van der Waals surface area contributed by atoms with E-state index in [2.05, 4.69) is 26.1 Å². The van der Waals surface area contributed by atoms with Crippen molar-refractivity contribution < 1.29 is 9.66 Å². The molecule has 1 saturated heterocycles. The molecule has 2 rings (SSSR count). The molecule has 0 bridgehead atoms. The molecule has 0 aromatic heterocycles. The van der Waals surface area contributed by atoms with E-state index < -0.39 is 4.92 Å². The Morgan fingerprint density at radius 2 is 2.16 bits per heavy atom. The van der Waals surface area contributed by atoms with Crippen molar-refractivity contribution in [3.05, 3.63) is 32.8 Å². The fourth-order valence-electron chi connectivity index (χ4n) is 1.94. The molecule has 0 radical (unpaired) electrons. The molecule has 0 atom stereocenters. The minimum absolute atomic E-state index is 0.0420. The van der Waals surface area contributed by atoms with Crippen LogP contribution in [-0.2, 0) is 0 Å². The van der Waals surface area contributed by atoms with Crippen LogP contribution in [0, 0.1) is 10.1 Å². The monoisotopic (exact) mass is 329 g/mol. The van der Waals surface area contributed by atoms with E-state index in [1.807, 2.05) is 0 Å². The lowest BCUT2D eigenvalue weighted by atomic mass is 10.3. The molecular weight excluding hydrogens is 314 g/mol. The minimum Gasteiger partial charge on any atom is -0.491 e. The SMILES string of the molecule is O=[N+]([O-])c1ccc(Br)c(OCCN2CCNCC2)c1. The van der Waals surface area contributed by atoms with E-state index in [0.29, 0.717) is 12.4 Å². The lowest BCUT2D eigenvalue weighted by Crippen LogP contribution is -2.44. The van der Waals surface area contributed by atoms with Crippen molar-refractivity contribution in [3.8, 4) is 5.75 Å². The molecule has 1 aromatic rings. The molecule has 0 unspecified atom stereocenters. The van der Waals surface area contributed by atoms with Crippen molar-refractivity contribution in [1.82, 2.24) is 10.2 Å². The minimum atomic E-state index is -0.421. The highest BCUT2D eigenvalue weighted by Gasteiger charge is 2.12. The maximum Gasteiger partial charge on any atom is 0.273 e. The number of nitrogens with one attached hydrogen (secondary N) is 1. The van der Waals surface area contributed by atoms with Crippen molar-refractivity contribution in [3.63, 3.8) is 0 Å². The Kier molecular flexibility index (Phi) is 5.12. The van der Waals surface area contributed by atoms with Crippen LogP contribution >= 0.6 is 15.9 Å². The zero-order valence-electron chi connectivity index (χ0n) is 10.5. The third kappa shape index (κ3) is 4.15. The summed E-state index contributed by atoms with van der Waals surface area (Å²) in [5.74, 6) is 0.518. The van der Waals surface area contributed by atoms with E-state index in [9.17, 15) is 10.1 Å². The van der Waals surface area contributed by atoms with Gasteiger partial charge in [-0.15, -0.1) is 0 Å². The van der Waals surface area contributed by atoms with Crippen molar-refractivity contribution in [2.75, 3.05) is 39.3 Å². The third-order valence-electron chi connectivity index (χ3n) is 3.00. The van der Waals surface area contributed by atoms with Gasteiger partial charge < -0.3 is 10.1 Å². The highest BCUT2D eigenvalue weighted by Crippen LogP contribution is 2.29. The number of benzene rings is 1. The summed E-state index contributed by atoms with van der Waals surface area (Å²) in [6, 6.07) is 4.54. The summed E-state index contributed by atoms with van der Waals surface area (Å²) < 4.78 is 6.35. The first kappa shape index (κ1) is 14.2. The molecule has 0 spiro atoms. The van der Waals surface area contributed by atoms with Gasteiger partial charge in [0, 0.05) is 38.8 Å². The van der Waals surface area contributed by atoms with Crippen molar-refractivity contribution in [2.24, 2.45) is 0 Å². The molecule has 1 fully saturated rings. The van der Waals surface area contributed by atoms with Crippen LogP contribution in [0.25, 0.3) is 0 Å². The molecule has 19 heavy (non-hydrogen) atoms. The van der Waals surface area contributed by atoms with Gasteiger partial charge in [-0.05, 0) is 22.0 Å². The normalized spacial score (nSPS) is 16.3. The second kappa shape index (κ2) is 6.83. The van der Waals surface area contributed by atoms with Crippen LogP contribution in [0.5, 0.6) is 5.75 Å². The molecular formula is C12H16BrN3O3. The standard InChI is InChI=1S/C12H16BrN3O3/c13-11-2-1-10(16(17)18)9-12(11)19-8-7-15-5-3-14-4-6-15/h1-2,9,14H,3-8H2. The summed E-state index contributed by atoms with van der Waals surface area (Å²) in [6.07, 6.45) is 0. The summed E-state index contributed by atoms with van der Waals surface area (Å²) in [7, 11) is 0. The van der Waals surface area contributed by atoms with E-state index in [4.69, 9.17) is 4.74 Å². The number of ether oxygens (including phenoxy) is 1. The lowest BCUT2D eigenvalue weighted by molar-refractivity contribution is -0.385. The molecule has 1 aromatic carbocycles. The van der Waals surface area contributed by atoms with Gasteiger partial charge in [-0.2, -0.15) is 0 Å². The number of nitro groups is 1. The lowest BCUT2D eigenvalue weighted by Gasteiger charge is -2.26. The molecule has 1 heterocycles. The largest absolute Gasteiger partial charge is 0.491 e. The predicted molar refractivity (Wildman–Crippen MR) is 75.6 cm³/mol. The maximum atomic E-state index is 10.7. The Morgan fingerprint density at radius 1 is 1.42 bits per heavy atom. The van der Waals surface area contributed by atoms with Crippen LogP contribution in [0.4, 0.5) is 5.69 Å². The van der Waals surface area contributed by atoms with E-state index in [0.717, 1.165) is 37.2 Å². The number of piperazine rings is 1. The number of non-ortho nitro benzene ring substituents is 1. The average molecular weight is 330 g/mol. The van der Waals surface area contributed by atoms with Crippen LogP contribution in [0.3, 0.4) is 0 Å². The number of hydrogen-bond donors (Lipinski definition) is 1. The van der Waals surface area contributed by atoms with Crippen molar-refractivity contribution in [2.45, 2.75) is 0 Å². The summed E-state index contributed by atoms with van der Waals surface area (Å²) in [5, 5.41) is 14.0. The van der Waals surface area contributed by atoms with Gasteiger partial charge in [-0.25, -0.2) is 0 Å². The zero-order chi connectivity index (χ0) is 13.7. The molecule has 1 aliphatic heterocycles. The first-order valence-electron chi connectivity index (χ1n) is 6.16. The van der Waals surface area contributed by atoms with Crippen LogP contribution in [0.1, 0.15) is 0 Å². The molecule has 104 valence electrons. The van der Waals surface area contributed by atoms with E-state index in [1.54, 1.807) is 6.07 Å². The number of rotatable bonds is 5. The first-order chi connectivity index (χ1) is 9.16. The third-order valence-corrected chi connectivity index (χ3v) is 3.66. The summed E-state index contributed by atoms with van der Waals surface area (Å²) >= 11 is 3.33. The first-order valence-corrected chi connectivity index (χ1v) is 6.96. The molecule has 7 heteroatoms. The average Bonchev–Trinajstić information content (AvgIpc) is 2.42. The Hall–Kier alpha value is -1.18. The predicted octanol–water partition coefficient (Wildman–Crippen LogP) is 1.64. The Morgan fingerprint density at radius 3 is 2.84 bits per heavy atom. The van der Waals surface area contributed by atoms with Crippen LogP contribution in [0.2, 0.25) is 0 Å². The zero-order valence-corrected chi connectivity index (χ0v) is 12.1. The van der Waals surface area contributed by atoms with Crippen LogP contribution in [-0.4, -0.2) is 49.2 Å². The van der Waals surface area contributed by atoms with Crippen molar-refractivity contribution >= 4 is 21.6 Å². The summed E-state index contributed by atoms with van der Waals surface area (Å²) in [4.78, 5) is 12.6. The number of halogens is 1. The number of nitro benzene ring substituents is 1. The Balaban J connectivity index is 1.87.